The number of hydrogen-bond acceptors (Lipinski definition) is 6. The lowest BCUT2D eigenvalue weighted by Crippen LogP contribution is -2.62. The van der Waals surface area contributed by atoms with Crippen LogP contribution in [0.25, 0.3) is 0 Å². The van der Waals surface area contributed by atoms with Gasteiger partial charge in [-0.15, -0.1) is 0 Å². The van der Waals surface area contributed by atoms with Crippen molar-refractivity contribution in [3.63, 3.8) is 0 Å². The summed E-state index contributed by atoms with van der Waals surface area (Å²) in [6.45, 7) is 1.82. The Morgan fingerprint density at radius 2 is 1.64 bits per heavy atom. The number of hydrogen-bond donors (Lipinski definition) is 3. The summed E-state index contributed by atoms with van der Waals surface area (Å²) in [6.07, 6.45) is 0.254. The molecule has 0 spiro atoms. The Morgan fingerprint density at radius 1 is 0.939 bits per heavy atom. The van der Waals surface area contributed by atoms with Gasteiger partial charge < -0.3 is 25.0 Å². The molecule has 2 aliphatic rings. The Kier molecular flexibility index (Phi) is 6.86. The van der Waals surface area contributed by atoms with E-state index < -0.39 is 28.9 Å². The van der Waals surface area contributed by atoms with Crippen molar-refractivity contribution in [2.75, 3.05) is 44.2 Å². The Hall–Kier alpha value is -2.33. The van der Waals surface area contributed by atoms with Gasteiger partial charge in [0, 0.05) is 44.5 Å². The van der Waals surface area contributed by atoms with Crippen LogP contribution in [0.3, 0.4) is 0 Å². The average Bonchev–Trinajstić information content (AvgIpc) is 2.78. The van der Waals surface area contributed by atoms with Gasteiger partial charge in [-0.3, -0.25) is 4.90 Å². The van der Waals surface area contributed by atoms with E-state index in [1.54, 1.807) is 12.1 Å². The van der Waals surface area contributed by atoms with Crippen molar-refractivity contribution in [1.82, 2.24) is 4.90 Å². The fourth-order valence-electron chi connectivity index (χ4n) is 4.60. The van der Waals surface area contributed by atoms with E-state index in [4.69, 9.17) is 4.74 Å². The molecule has 180 valence electrons. The lowest BCUT2D eigenvalue weighted by molar-refractivity contribution is -0.149. The van der Waals surface area contributed by atoms with E-state index in [0.29, 0.717) is 39.0 Å². The number of aliphatic hydroxyl groups excluding tert-OH is 1. The van der Waals surface area contributed by atoms with Gasteiger partial charge in [-0.05, 0) is 55.7 Å². The Balaban J connectivity index is 1.33. The van der Waals surface area contributed by atoms with Crippen LogP contribution in [0, 0.1) is 17.5 Å². The number of benzene rings is 2. The molecular formula is C24H29F3N2O4. The zero-order valence-electron chi connectivity index (χ0n) is 18.3. The maximum absolute atomic E-state index is 13.4. The SMILES string of the molecule is O[C@H]1CCN(CC2(O)CCN(c3ccc(F)cc3)CC2)C[C@]1(O)COc1ccc(F)c(F)c1. The quantitative estimate of drug-likeness (QED) is 0.607. The summed E-state index contributed by atoms with van der Waals surface area (Å²) in [5.41, 5.74) is -1.67. The highest BCUT2D eigenvalue weighted by atomic mass is 19.2. The second-order valence-corrected chi connectivity index (χ2v) is 9.17. The van der Waals surface area contributed by atoms with Gasteiger partial charge >= 0.3 is 0 Å². The highest BCUT2D eigenvalue weighted by Crippen LogP contribution is 2.30. The van der Waals surface area contributed by atoms with Crippen LogP contribution in [0.15, 0.2) is 42.5 Å². The van der Waals surface area contributed by atoms with Gasteiger partial charge in [-0.2, -0.15) is 0 Å². The predicted octanol–water partition coefficient (Wildman–Crippen LogP) is 2.31. The summed E-state index contributed by atoms with van der Waals surface area (Å²) in [6, 6.07) is 9.36. The standard InChI is InChI=1S/C24H29F3N2O4/c25-17-1-3-18(4-2-17)29-11-8-23(31,9-12-29)14-28-10-7-22(30)24(32,15-28)16-33-19-5-6-20(26)21(27)13-19/h1-6,13,22,30-32H,7-12,14-16H2/t22-,24-/m0/s1. The molecule has 0 amide bonds. The van der Waals surface area contributed by atoms with E-state index in [1.165, 1.54) is 18.2 Å². The largest absolute Gasteiger partial charge is 0.490 e. The van der Waals surface area contributed by atoms with E-state index in [-0.39, 0.29) is 31.1 Å². The minimum Gasteiger partial charge on any atom is -0.490 e. The number of nitrogens with zero attached hydrogens (tertiary/aromatic N) is 2. The first-order valence-corrected chi connectivity index (χ1v) is 11.1. The molecule has 0 radical (unpaired) electrons. The molecule has 2 aliphatic heterocycles. The first-order chi connectivity index (χ1) is 15.7. The van der Waals surface area contributed by atoms with Crippen molar-refractivity contribution in [2.45, 2.75) is 36.6 Å². The third-order valence-corrected chi connectivity index (χ3v) is 6.62. The molecule has 6 nitrogen and oxygen atoms in total. The normalized spacial score (nSPS) is 25.8. The molecular weight excluding hydrogens is 437 g/mol. The van der Waals surface area contributed by atoms with Crippen molar-refractivity contribution in [2.24, 2.45) is 0 Å². The third-order valence-electron chi connectivity index (χ3n) is 6.62. The maximum Gasteiger partial charge on any atom is 0.162 e. The van der Waals surface area contributed by atoms with Crippen LogP contribution in [-0.2, 0) is 0 Å². The van der Waals surface area contributed by atoms with Crippen LogP contribution in [0.1, 0.15) is 19.3 Å². The van der Waals surface area contributed by atoms with Gasteiger partial charge in [0.2, 0.25) is 0 Å². The van der Waals surface area contributed by atoms with E-state index >= 15 is 0 Å². The maximum atomic E-state index is 13.4. The summed E-state index contributed by atoms with van der Waals surface area (Å²) in [4.78, 5) is 3.99. The van der Waals surface area contributed by atoms with Crippen molar-refractivity contribution in [1.29, 1.82) is 0 Å². The number of piperidine rings is 2. The lowest BCUT2D eigenvalue weighted by Gasteiger charge is -2.46. The van der Waals surface area contributed by atoms with E-state index in [0.717, 1.165) is 17.8 Å². The first-order valence-electron chi connectivity index (χ1n) is 11.1. The van der Waals surface area contributed by atoms with E-state index in [2.05, 4.69) is 4.90 Å². The zero-order chi connectivity index (χ0) is 23.6. The van der Waals surface area contributed by atoms with Gasteiger partial charge in [-0.1, -0.05) is 0 Å². The predicted molar refractivity (Wildman–Crippen MR) is 117 cm³/mol. The Labute approximate surface area is 190 Å². The minimum atomic E-state index is -1.62. The first kappa shape index (κ1) is 23.8. The highest BCUT2D eigenvalue weighted by Gasteiger charge is 2.44. The Morgan fingerprint density at radius 3 is 2.30 bits per heavy atom. The molecule has 0 unspecified atom stereocenters. The molecule has 33 heavy (non-hydrogen) atoms. The smallest absolute Gasteiger partial charge is 0.162 e. The summed E-state index contributed by atoms with van der Waals surface area (Å²) < 4.78 is 45.1. The molecule has 0 aromatic heterocycles. The summed E-state index contributed by atoms with van der Waals surface area (Å²) >= 11 is 0. The van der Waals surface area contributed by atoms with Crippen LogP contribution >= 0.6 is 0 Å². The van der Waals surface area contributed by atoms with Crippen molar-refractivity contribution in [3.8, 4) is 5.75 Å². The number of rotatable bonds is 6. The molecule has 4 rings (SSSR count). The molecule has 2 aromatic rings. The van der Waals surface area contributed by atoms with Crippen molar-refractivity contribution < 1.29 is 33.2 Å². The molecule has 2 aromatic carbocycles. The molecule has 0 aliphatic carbocycles. The van der Waals surface area contributed by atoms with Gasteiger partial charge in [0.15, 0.2) is 11.6 Å². The monoisotopic (exact) mass is 466 g/mol. The van der Waals surface area contributed by atoms with Crippen LogP contribution in [0.2, 0.25) is 0 Å². The average molecular weight is 467 g/mol. The van der Waals surface area contributed by atoms with Gasteiger partial charge in [0.1, 0.15) is 23.8 Å². The summed E-state index contributed by atoms with van der Waals surface area (Å²) in [5, 5.41) is 32.6. The number of halogens is 3. The van der Waals surface area contributed by atoms with Crippen molar-refractivity contribution in [3.05, 3.63) is 59.9 Å². The Bertz CT molecular complexity index is 953. The summed E-state index contributed by atoms with van der Waals surface area (Å²) in [7, 11) is 0. The zero-order valence-corrected chi connectivity index (χ0v) is 18.3. The lowest BCUT2D eigenvalue weighted by atomic mass is 9.86. The van der Waals surface area contributed by atoms with Gasteiger partial charge in [0.05, 0.1) is 11.7 Å². The van der Waals surface area contributed by atoms with E-state index in [1.807, 2.05) is 4.90 Å². The number of anilines is 1. The second-order valence-electron chi connectivity index (χ2n) is 9.17. The third kappa shape index (κ3) is 5.60. The van der Waals surface area contributed by atoms with E-state index in [9.17, 15) is 28.5 Å². The number of ether oxygens (including phenoxy) is 1. The van der Waals surface area contributed by atoms with Crippen LogP contribution in [-0.4, -0.2) is 76.9 Å². The molecule has 2 atom stereocenters. The molecule has 2 heterocycles. The minimum absolute atomic E-state index is 0.0541. The van der Waals surface area contributed by atoms with Gasteiger partial charge in [-0.25, -0.2) is 13.2 Å². The fraction of sp³-hybridized carbons (Fsp3) is 0.500. The van der Waals surface area contributed by atoms with Crippen molar-refractivity contribution >= 4 is 5.69 Å². The molecule has 0 saturated carbocycles. The second kappa shape index (κ2) is 9.50. The van der Waals surface area contributed by atoms with Crippen LogP contribution < -0.4 is 9.64 Å². The molecule has 2 saturated heterocycles. The molecule has 3 N–H and O–H groups in total. The van der Waals surface area contributed by atoms with Gasteiger partial charge in [0.25, 0.3) is 0 Å². The summed E-state index contributed by atoms with van der Waals surface area (Å²) in [5.74, 6) is -2.29. The topological polar surface area (TPSA) is 76.4 Å². The van der Waals surface area contributed by atoms with Crippen LogP contribution in [0.4, 0.5) is 18.9 Å². The molecule has 0 bridgehead atoms. The number of β-amino-alcohol motifs (C(OH)–C–C–N with tert-alkyl or cyclic N) is 2. The molecule has 9 heteroatoms. The molecule has 2 fully saturated rings. The number of likely N-dealkylation sites (tertiary alicyclic amines) is 1. The highest BCUT2D eigenvalue weighted by molar-refractivity contribution is 5.46. The number of aliphatic hydroxyl groups is 3. The fourth-order valence-corrected chi connectivity index (χ4v) is 4.60. The van der Waals surface area contributed by atoms with Crippen LogP contribution in [0.5, 0.6) is 5.75 Å².